The van der Waals surface area contributed by atoms with Crippen molar-refractivity contribution < 1.29 is 54.4 Å². The number of rotatable bonds is 7. The summed E-state index contributed by atoms with van der Waals surface area (Å²) in [6.07, 6.45) is -3.24. The third-order valence-electron chi connectivity index (χ3n) is 16.5. The second-order valence-corrected chi connectivity index (χ2v) is 34.3. The summed E-state index contributed by atoms with van der Waals surface area (Å²) in [7, 11) is 1.29. The van der Waals surface area contributed by atoms with Crippen LogP contribution in [-0.4, -0.2) is 106 Å². The van der Waals surface area contributed by atoms with Gasteiger partial charge in [-0.1, -0.05) is 254 Å². The number of carbonyl (C=O) groups is 2. The molecule has 0 unspecified atom stereocenters. The molecule has 0 aliphatic carbocycles. The van der Waals surface area contributed by atoms with Crippen molar-refractivity contribution in [3.8, 4) is 56.8 Å². The van der Waals surface area contributed by atoms with E-state index in [-0.39, 0.29) is 55.3 Å². The Hall–Kier alpha value is -10.9. The Morgan fingerprint density at radius 1 is 0.513 bits per heavy atom. The van der Waals surface area contributed by atoms with Crippen LogP contribution in [0.3, 0.4) is 0 Å². The Morgan fingerprint density at radius 2 is 1.04 bits per heavy atom. The lowest BCUT2D eigenvalue weighted by molar-refractivity contribution is -0.137. The van der Waals surface area contributed by atoms with Gasteiger partial charge < -0.3 is 41.9 Å². The van der Waals surface area contributed by atoms with E-state index in [1.807, 2.05) is 195 Å². The molecule has 0 bridgehead atoms. The van der Waals surface area contributed by atoms with E-state index >= 15 is 0 Å². The molecule has 0 radical (unpaired) electrons. The molecule has 0 spiro atoms. The van der Waals surface area contributed by atoms with Gasteiger partial charge in [0.2, 0.25) is 35.3 Å². The van der Waals surface area contributed by atoms with Crippen molar-refractivity contribution in [3.63, 3.8) is 0 Å². The van der Waals surface area contributed by atoms with E-state index in [0.717, 1.165) is 89.0 Å². The number of benzene rings is 5. The number of hydrogen-bond acceptors (Lipinski definition) is 20. The molecule has 12 aromatic rings. The molecule has 1 fully saturated rings. The van der Waals surface area contributed by atoms with Crippen molar-refractivity contribution in [2.24, 2.45) is 0 Å². The number of alkyl halides is 3. The van der Waals surface area contributed by atoms with Gasteiger partial charge in [0.05, 0.1) is 29.6 Å². The van der Waals surface area contributed by atoms with Gasteiger partial charge in [0.25, 0.3) is 5.91 Å². The molecule has 1 aliphatic heterocycles. The number of piperazine rings is 1. The number of amides is 2. The number of methoxy groups -OCH3 is 1. The molecule has 2 N–H and O–H groups in total. The molecular formula is C86H108ClF3N14O9. The molecule has 1 saturated heterocycles. The van der Waals surface area contributed by atoms with E-state index in [0.29, 0.717) is 57.6 Å². The predicted molar refractivity (Wildman–Crippen MR) is 433 cm³/mol. The van der Waals surface area contributed by atoms with Crippen LogP contribution in [-0.2, 0) is 48.9 Å². The first-order chi connectivity index (χ1) is 52.6. The van der Waals surface area contributed by atoms with Crippen molar-refractivity contribution in [2.45, 2.75) is 203 Å². The fourth-order valence-electron chi connectivity index (χ4n) is 10.00. The van der Waals surface area contributed by atoms with Crippen molar-refractivity contribution >= 4 is 29.4 Å². The normalized spacial score (nSPS) is 12.7. The van der Waals surface area contributed by atoms with Gasteiger partial charge in [-0.3, -0.25) is 14.8 Å². The highest BCUT2D eigenvalue weighted by atomic mass is 35.5. The quantitative estimate of drug-likeness (QED) is 0.150. The first kappa shape index (κ1) is 89.3. The summed E-state index contributed by atoms with van der Waals surface area (Å²) in [5.41, 5.74) is 7.51. The largest absolute Gasteiger partial charge is 0.453 e. The number of ether oxygens (including phenoxy) is 1. The molecule has 113 heavy (non-hydrogen) atoms. The summed E-state index contributed by atoms with van der Waals surface area (Å²) >= 11 is 6.16. The first-order valence-electron chi connectivity index (χ1n) is 37.1. The van der Waals surface area contributed by atoms with Crippen molar-refractivity contribution in [3.05, 3.63) is 220 Å². The summed E-state index contributed by atoms with van der Waals surface area (Å²) in [6, 6.07) is 46.2. The van der Waals surface area contributed by atoms with Crippen LogP contribution in [0.15, 0.2) is 185 Å². The van der Waals surface area contributed by atoms with Gasteiger partial charge in [-0.25, -0.2) is 9.78 Å². The number of carbonyl (C=O) groups excluding carboxylic acids is 2. The van der Waals surface area contributed by atoms with Crippen molar-refractivity contribution in [1.29, 1.82) is 0 Å². The van der Waals surface area contributed by atoms with Crippen LogP contribution in [0.25, 0.3) is 56.8 Å². The first-order valence-corrected chi connectivity index (χ1v) is 37.4. The minimum absolute atomic E-state index is 0.0139. The minimum Gasteiger partial charge on any atom is -0.453 e. The van der Waals surface area contributed by atoms with E-state index in [4.69, 9.17) is 38.5 Å². The number of aromatic nitrogens is 11. The van der Waals surface area contributed by atoms with Crippen LogP contribution < -0.4 is 10.6 Å². The van der Waals surface area contributed by atoms with E-state index in [1.54, 1.807) is 12.3 Å². The van der Waals surface area contributed by atoms with Crippen LogP contribution in [0.1, 0.15) is 208 Å². The second-order valence-electron chi connectivity index (χ2n) is 33.9. The zero-order valence-electron chi connectivity index (χ0n) is 69.4. The smallest absolute Gasteiger partial charge is 0.416 e. The molecule has 0 saturated carbocycles. The van der Waals surface area contributed by atoms with Crippen molar-refractivity contribution in [1.82, 2.24) is 65.8 Å². The number of aryl methyl sites for hydroxylation is 1. The fourth-order valence-corrected chi connectivity index (χ4v) is 10.2. The lowest BCUT2D eigenvalue weighted by atomic mass is 9.93. The molecular weight excluding hydrogens is 1470 g/mol. The van der Waals surface area contributed by atoms with E-state index in [2.05, 4.69) is 161 Å². The van der Waals surface area contributed by atoms with Crippen LogP contribution >= 0.6 is 11.6 Å². The zero-order valence-corrected chi connectivity index (χ0v) is 70.1. The van der Waals surface area contributed by atoms with Gasteiger partial charge >= 0.3 is 12.3 Å². The van der Waals surface area contributed by atoms with Gasteiger partial charge in [-0.05, 0) is 77.1 Å². The van der Waals surface area contributed by atoms with Gasteiger partial charge in [0.1, 0.15) is 23.5 Å². The average Bonchev–Trinajstić information content (AvgIpc) is 1.64. The summed E-state index contributed by atoms with van der Waals surface area (Å²) < 4.78 is 75.9. The van der Waals surface area contributed by atoms with Crippen molar-refractivity contribution in [2.75, 3.05) is 38.6 Å². The van der Waals surface area contributed by atoms with E-state index in [9.17, 15) is 22.8 Å². The Labute approximate surface area is 665 Å². The fraction of sp³-hybridized carbons (Fsp3) is 0.419. The molecule has 0 atom stereocenters. The van der Waals surface area contributed by atoms with Gasteiger partial charge in [-0.2, -0.15) is 28.2 Å². The topological polar surface area (TPSA) is 283 Å². The Morgan fingerprint density at radius 3 is 1.51 bits per heavy atom. The second kappa shape index (κ2) is 37.6. The maximum Gasteiger partial charge on any atom is 0.416 e. The monoisotopic (exact) mass is 1570 g/mol. The standard InChI is InChI=1S/C18H23N3O2.C14H17ClN2.C13H13F3N2O.C13H15NO.C12H14N2O.C9H14N2O3.C7H12N2O/c1-18(2,3)15-12-23-16(20-15)13-5-4-6-14(11-13)17(22)21-9-7-19-8-10-21;1-10-12(11-8-6-5-7-9-11)17(14(2,3)4)16-13(10)15;1-12(2,3)11-17-10(18-19-11)8-5-4-6-9(7-8)13(14,15)16;1-13(2,3)12-9-11(14-15-12)10-7-5-4-6-8-10;1-12(2,3)11-14-13-10(15-11)9-7-5-4-6-8-9;1-9(2,3)6-5-7(11-14-6)10-8(12)13-4;1-5-8-6(10-9-5)7(2,3)4/h4-6,11-12,19H,7-10H2,1-3H3;5-9H,1-4H3;4-7H,1-3H3;4-9H,1-3H3;4-8H,1-3H3;5H,1-4H3,(H,10,11,12);1-4H3. The molecule has 7 aromatic heterocycles. The van der Waals surface area contributed by atoms with Crippen LogP contribution in [0.4, 0.5) is 23.8 Å². The lowest BCUT2D eigenvalue weighted by Crippen LogP contribution is -2.46. The Bertz CT molecular complexity index is 4860. The summed E-state index contributed by atoms with van der Waals surface area (Å²) in [6.45, 7) is 49.9. The summed E-state index contributed by atoms with van der Waals surface area (Å²) in [5, 5.41) is 34.0. The molecule has 8 heterocycles. The molecule has 27 heteroatoms. The Balaban J connectivity index is 0.000000185. The maximum absolute atomic E-state index is 12.6. The number of hydrogen-bond donors (Lipinski definition) is 2. The Kier molecular flexibility index (Phi) is 29.8. The SMILES string of the molecule is CC(C)(C)c1cc(-c2ccccc2)no1.CC(C)(C)c1coc(-c2cccc(C(=O)N3CCNCC3)c2)n1.CC(C)(C)c1nc(-c2cccc(C(F)(F)F)c2)no1.CC(C)(C)c1nnc(-c2ccccc2)o1.COC(=O)Nc1cc(C(C)(C)C)on1.Cc1c(Cl)nn(C(C)(C)C)c1-c1ccccc1.Cc1noc(C(C)(C)C)n1. The molecule has 2 amide bonds. The minimum atomic E-state index is -4.38. The lowest BCUT2D eigenvalue weighted by Gasteiger charge is -2.27. The number of halogens is 4. The zero-order chi connectivity index (χ0) is 83.7. The van der Waals surface area contributed by atoms with Crippen LogP contribution in [0.5, 0.6) is 0 Å². The highest BCUT2D eigenvalue weighted by Gasteiger charge is 2.32. The number of oxazole rings is 1. The highest BCUT2D eigenvalue weighted by Crippen LogP contribution is 2.36. The number of anilines is 1. The van der Waals surface area contributed by atoms with E-state index in [1.165, 1.54) is 19.2 Å². The molecule has 23 nitrogen and oxygen atoms in total. The molecule has 5 aromatic carbocycles. The van der Waals surface area contributed by atoms with Gasteiger partial charge in [0.15, 0.2) is 16.8 Å². The molecule has 604 valence electrons. The summed E-state index contributed by atoms with van der Waals surface area (Å²) in [5.74, 6) is 5.82. The van der Waals surface area contributed by atoms with Gasteiger partial charge in [0, 0.05) is 110 Å². The molecule has 1 aliphatic rings. The number of nitrogens with zero attached hydrogens (tertiary/aromatic N) is 12. The third kappa shape index (κ3) is 26.6. The van der Waals surface area contributed by atoms with E-state index < -0.39 is 17.8 Å². The maximum atomic E-state index is 12.6. The highest BCUT2D eigenvalue weighted by molar-refractivity contribution is 6.30. The third-order valence-corrected chi connectivity index (χ3v) is 16.9. The predicted octanol–water partition coefficient (Wildman–Crippen LogP) is 21.5. The number of nitrogens with one attached hydrogen (secondary N) is 2. The van der Waals surface area contributed by atoms with Crippen LogP contribution in [0, 0.1) is 13.8 Å². The van der Waals surface area contributed by atoms with Crippen LogP contribution in [0.2, 0.25) is 5.15 Å². The summed E-state index contributed by atoms with van der Waals surface area (Å²) in [4.78, 5) is 38.1. The van der Waals surface area contributed by atoms with Gasteiger partial charge in [-0.15, -0.1) is 10.2 Å². The average molecular weight is 1570 g/mol. The molecule has 13 rings (SSSR count).